The van der Waals surface area contributed by atoms with E-state index in [9.17, 15) is 8.42 Å². The summed E-state index contributed by atoms with van der Waals surface area (Å²) in [6, 6.07) is -0.0213. The predicted molar refractivity (Wildman–Crippen MR) is 74.1 cm³/mol. The molecule has 19 heavy (non-hydrogen) atoms. The van der Waals surface area contributed by atoms with Gasteiger partial charge in [0, 0.05) is 6.04 Å². The van der Waals surface area contributed by atoms with Gasteiger partial charge in [-0.2, -0.15) is 0 Å². The Labute approximate surface area is 115 Å². The molecular formula is C13H23N3O2S. The zero-order valence-electron chi connectivity index (χ0n) is 12.0. The number of nitrogens with zero attached hydrogens (tertiary/aromatic N) is 1. The van der Waals surface area contributed by atoms with Crippen molar-refractivity contribution in [3.63, 3.8) is 0 Å². The summed E-state index contributed by atoms with van der Waals surface area (Å²) in [5, 5.41) is 0.133. The third-order valence-corrected chi connectivity index (χ3v) is 5.09. The highest BCUT2D eigenvalue weighted by Gasteiger charge is 2.39. The van der Waals surface area contributed by atoms with Crippen LogP contribution in [0, 0.1) is 10.8 Å². The van der Waals surface area contributed by atoms with Crippen molar-refractivity contribution in [3.8, 4) is 0 Å². The first kappa shape index (κ1) is 14.5. The Morgan fingerprint density at radius 1 is 1.26 bits per heavy atom. The van der Waals surface area contributed by atoms with Crippen molar-refractivity contribution in [3.05, 3.63) is 12.5 Å². The topological polar surface area (TPSA) is 74.8 Å². The van der Waals surface area contributed by atoms with Crippen LogP contribution in [0.1, 0.15) is 47.0 Å². The van der Waals surface area contributed by atoms with Gasteiger partial charge in [-0.3, -0.25) is 0 Å². The van der Waals surface area contributed by atoms with Crippen LogP contribution in [-0.4, -0.2) is 24.4 Å². The second kappa shape index (κ2) is 4.59. The number of sulfonamides is 1. The first-order chi connectivity index (χ1) is 8.60. The van der Waals surface area contributed by atoms with E-state index < -0.39 is 10.0 Å². The van der Waals surface area contributed by atoms with Gasteiger partial charge in [0.15, 0.2) is 5.03 Å². The standard InChI is InChI=1S/C13H23N3O2S/c1-12(2)5-10(6-13(3,4)8-12)16-19(17,18)11-7-14-9-15-11/h7,9-10,16H,5-6,8H2,1-4H3,(H,14,15). The molecule has 1 aromatic heterocycles. The van der Waals surface area contributed by atoms with Gasteiger partial charge in [0.05, 0.1) is 12.5 Å². The highest BCUT2D eigenvalue weighted by molar-refractivity contribution is 7.89. The lowest BCUT2D eigenvalue weighted by molar-refractivity contribution is 0.0934. The van der Waals surface area contributed by atoms with Crippen molar-refractivity contribution < 1.29 is 8.42 Å². The van der Waals surface area contributed by atoms with Crippen LogP contribution in [0.15, 0.2) is 17.6 Å². The quantitative estimate of drug-likeness (QED) is 0.894. The van der Waals surface area contributed by atoms with Crippen molar-refractivity contribution in [2.75, 3.05) is 0 Å². The number of aromatic amines is 1. The average Bonchev–Trinajstić information content (AvgIpc) is 2.62. The van der Waals surface area contributed by atoms with Crippen LogP contribution >= 0.6 is 0 Å². The fraction of sp³-hybridized carbons (Fsp3) is 0.769. The zero-order valence-corrected chi connectivity index (χ0v) is 12.8. The minimum Gasteiger partial charge on any atom is -0.335 e. The van der Waals surface area contributed by atoms with Crippen molar-refractivity contribution >= 4 is 10.0 Å². The van der Waals surface area contributed by atoms with Crippen molar-refractivity contribution in [1.29, 1.82) is 0 Å². The third-order valence-electron chi connectivity index (χ3n) is 3.64. The molecule has 1 aromatic rings. The number of hydrogen-bond acceptors (Lipinski definition) is 3. The molecule has 1 aliphatic rings. The highest BCUT2D eigenvalue weighted by Crippen LogP contribution is 2.45. The summed E-state index contributed by atoms with van der Waals surface area (Å²) in [4.78, 5) is 6.41. The second-order valence-corrected chi connectivity index (χ2v) is 8.83. The van der Waals surface area contributed by atoms with Gasteiger partial charge in [-0.25, -0.2) is 18.1 Å². The molecule has 2 N–H and O–H groups in total. The Hall–Kier alpha value is -0.880. The minimum atomic E-state index is -3.48. The molecule has 108 valence electrons. The first-order valence-corrected chi connectivity index (χ1v) is 8.09. The summed E-state index contributed by atoms with van der Waals surface area (Å²) in [6.45, 7) is 8.80. The van der Waals surface area contributed by atoms with Gasteiger partial charge in [-0.15, -0.1) is 0 Å². The lowest BCUT2D eigenvalue weighted by atomic mass is 9.64. The van der Waals surface area contributed by atoms with Crippen LogP contribution in [-0.2, 0) is 10.0 Å². The van der Waals surface area contributed by atoms with E-state index in [-0.39, 0.29) is 21.9 Å². The number of aromatic nitrogens is 2. The van der Waals surface area contributed by atoms with E-state index in [2.05, 4.69) is 42.4 Å². The minimum absolute atomic E-state index is 0.0213. The predicted octanol–water partition coefficient (Wildman–Crippen LogP) is 2.29. The molecule has 0 unspecified atom stereocenters. The largest absolute Gasteiger partial charge is 0.335 e. The first-order valence-electron chi connectivity index (χ1n) is 6.60. The van der Waals surface area contributed by atoms with E-state index in [4.69, 9.17) is 0 Å². The van der Waals surface area contributed by atoms with Gasteiger partial charge in [0.25, 0.3) is 10.0 Å². The fourth-order valence-corrected chi connectivity index (χ4v) is 4.74. The maximum absolute atomic E-state index is 12.2. The van der Waals surface area contributed by atoms with E-state index in [1.54, 1.807) is 0 Å². The number of hydrogen-bond donors (Lipinski definition) is 2. The summed E-state index contributed by atoms with van der Waals surface area (Å²) < 4.78 is 27.2. The Balaban J connectivity index is 2.15. The van der Waals surface area contributed by atoms with Gasteiger partial charge in [-0.05, 0) is 30.1 Å². The fourth-order valence-electron chi connectivity index (χ4n) is 3.60. The summed E-state index contributed by atoms with van der Waals surface area (Å²) in [7, 11) is -3.48. The summed E-state index contributed by atoms with van der Waals surface area (Å²) in [6.07, 6.45) is 5.56. The normalized spacial score (nSPS) is 23.4. The molecule has 0 saturated heterocycles. The monoisotopic (exact) mass is 285 g/mol. The summed E-state index contributed by atoms with van der Waals surface area (Å²) >= 11 is 0. The Morgan fingerprint density at radius 3 is 2.32 bits per heavy atom. The second-order valence-electron chi connectivity index (χ2n) is 7.15. The molecule has 5 nitrogen and oxygen atoms in total. The molecule has 0 atom stereocenters. The molecule has 6 heteroatoms. The lowest BCUT2D eigenvalue weighted by Crippen LogP contribution is -2.46. The van der Waals surface area contributed by atoms with E-state index in [0.717, 1.165) is 19.3 Å². The molecule has 0 aromatic carbocycles. The summed E-state index contributed by atoms with van der Waals surface area (Å²) in [5.74, 6) is 0. The lowest BCUT2D eigenvalue weighted by Gasteiger charge is -2.44. The van der Waals surface area contributed by atoms with Crippen LogP contribution in [0.4, 0.5) is 0 Å². The molecule has 1 fully saturated rings. The maximum atomic E-state index is 12.2. The van der Waals surface area contributed by atoms with Crippen LogP contribution in [0.2, 0.25) is 0 Å². The summed E-state index contributed by atoms with van der Waals surface area (Å²) in [5.41, 5.74) is 0.311. The van der Waals surface area contributed by atoms with E-state index >= 15 is 0 Å². The molecule has 0 aliphatic heterocycles. The molecule has 1 heterocycles. The Kier molecular flexibility index (Phi) is 3.51. The number of imidazole rings is 1. The number of H-pyrrole nitrogens is 1. The van der Waals surface area contributed by atoms with Crippen LogP contribution in [0.3, 0.4) is 0 Å². The van der Waals surface area contributed by atoms with Gasteiger partial charge in [0.1, 0.15) is 0 Å². The van der Waals surface area contributed by atoms with Crippen LogP contribution in [0.25, 0.3) is 0 Å². The third kappa shape index (κ3) is 3.57. The van der Waals surface area contributed by atoms with Crippen LogP contribution < -0.4 is 4.72 Å². The highest BCUT2D eigenvalue weighted by atomic mass is 32.2. The van der Waals surface area contributed by atoms with Gasteiger partial charge in [-0.1, -0.05) is 27.7 Å². The molecule has 0 spiro atoms. The van der Waals surface area contributed by atoms with E-state index in [0.29, 0.717) is 0 Å². The van der Waals surface area contributed by atoms with Crippen molar-refractivity contribution in [2.24, 2.45) is 10.8 Å². The molecule has 1 aliphatic carbocycles. The van der Waals surface area contributed by atoms with Crippen molar-refractivity contribution in [2.45, 2.75) is 58.0 Å². The molecule has 0 amide bonds. The van der Waals surface area contributed by atoms with E-state index in [1.165, 1.54) is 12.5 Å². The van der Waals surface area contributed by atoms with Crippen molar-refractivity contribution in [1.82, 2.24) is 14.7 Å². The molecule has 1 saturated carbocycles. The maximum Gasteiger partial charge on any atom is 0.257 e. The Morgan fingerprint density at radius 2 is 1.84 bits per heavy atom. The van der Waals surface area contributed by atoms with Crippen LogP contribution in [0.5, 0.6) is 0 Å². The van der Waals surface area contributed by atoms with E-state index in [1.807, 2.05) is 0 Å². The SMILES string of the molecule is CC1(C)CC(NS(=O)(=O)c2cnc[nH]2)CC(C)(C)C1. The smallest absolute Gasteiger partial charge is 0.257 e. The van der Waals surface area contributed by atoms with Gasteiger partial charge in [0.2, 0.25) is 0 Å². The molecule has 0 bridgehead atoms. The molecular weight excluding hydrogens is 262 g/mol. The zero-order chi connectivity index (χ0) is 14.3. The number of rotatable bonds is 3. The number of nitrogens with one attached hydrogen (secondary N) is 2. The van der Waals surface area contributed by atoms with Gasteiger partial charge < -0.3 is 4.98 Å². The molecule has 2 rings (SSSR count). The average molecular weight is 285 g/mol. The Bertz CT molecular complexity index is 516. The van der Waals surface area contributed by atoms with Gasteiger partial charge >= 0.3 is 0 Å². The molecule has 0 radical (unpaired) electrons.